The second-order valence-electron chi connectivity index (χ2n) is 3.11. The number of ether oxygens (including phenoxy) is 2. The first kappa shape index (κ1) is 14.1. The molecular formula is C12H12O5S. The Balaban J connectivity index is 3.03. The highest BCUT2D eigenvalue weighted by atomic mass is 32.2. The number of carbonyl (C=O) groups is 2. The predicted molar refractivity (Wildman–Crippen MR) is 65.3 cm³/mol. The molecule has 5 nitrogen and oxygen atoms in total. The third-order valence-corrected chi connectivity index (χ3v) is 3.21. The first-order valence-corrected chi connectivity index (χ1v) is 6.15. The van der Waals surface area contributed by atoms with E-state index in [4.69, 9.17) is 0 Å². The molecule has 18 heavy (non-hydrogen) atoms. The lowest BCUT2D eigenvalue weighted by molar-refractivity contribution is -0.134. The predicted octanol–water partition coefficient (Wildman–Crippen LogP) is 1.27. The van der Waals surface area contributed by atoms with E-state index in [1.54, 1.807) is 12.1 Å². The van der Waals surface area contributed by atoms with Crippen LogP contribution in [-0.4, -0.2) is 30.4 Å². The van der Waals surface area contributed by atoms with Gasteiger partial charge in [0.05, 0.1) is 35.5 Å². The molecule has 0 aliphatic rings. The van der Waals surface area contributed by atoms with Gasteiger partial charge in [-0.3, -0.25) is 0 Å². The lowest BCUT2D eigenvalue weighted by Crippen LogP contribution is -2.06. The molecule has 0 fully saturated rings. The topological polar surface area (TPSA) is 69.7 Å². The zero-order valence-electron chi connectivity index (χ0n) is 9.91. The molecule has 96 valence electrons. The van der Waals surface area contributed by atoms with Crippen molar-refractivity contribution < 1.29 is 23.3 Å². The normalized spacial score (nSPS) is 12.1. The number of hydrogen-bond donors (Lipinski definition) is 0. The van der Waals surface area contributed by atoms with Crippen LogP contribution in [0, 0.1) is 0 Å². The van der Waals surface area contributed by atoms with Crippen LogP contribution in [0.25, 0.3) is 0 Å². The fourth-order valence-electron chi connectivity index (χ4n) is 1.18. The summed E-state index contributed by atoms with van der Waals surface area (Å²) in [6, 6.07) is 6.32. The van der Waals surface area contributed by atoms with Crippen molar-refractivity contribution in [3.8, 4) is 0 Å². The van der Waals surface area contributed by atoms with Crippen LogP contribution in [0.5, 0.6) is 0 Å². The lowest BCUT2D eigenvalue weighted by atomic mass is 10.2. The minimum absolute atomic E-state index is 0.202. The summed E-state index contributed by atoms with van der Waals surface area (Å²) in [5.74, 6) is -1.19. The van der Waals surface area contributed by atoms with E-state index < -0.39 is 22.7 Å². The number of esters is 2. The monoisotopic (exact) mass is 268 g/mol. The van der Waals surface area contributed by atoms with Gasteiger partial charge < -0.3 is 9.47 Å². The quantitative estimate of drug-likeness (QED) is 0.607. The maximum absolute atomic E-state index is 11.9. The molecule has 1 aromatic carbocycles. The van der Waals surface area contributed by atoms with Gasteiger partial charge in [0.15, 0.2) is 0 Å². The number of rotatable bonds is 4. The molecule has 0 bridgehead atoms. The fraction of sp³-hybridized carbons (Fsp3) is 0.167. The second kappa shape index (κ2) is 6.70. The highest BCUT2D eigenvalue weighted by Crippen LogP contribution is 2.15. The molecule has 0 spiro atoms. The summed E-state index contributed by atoms with van der Waals surface area (Å²) in [5, 5.41) is 1.16. The summed E-state index contributed by atoms with van der Waals surface area (Å²) in [6.07, 6.45) is 1.05. The van der Waals surface area contributed by atoms with Crippen LogP contribution in [-0.2, 0) is 25.1 Å². The van der Waals surface area contributed by atoms with Crippen LogP contribution in [0.1, 0.15) is 10.4 Å². The van der Waals surface area contributed by atoms with Gasteiger partial charge in [0.1, 0.15) is 0 Å². The van der Waals surface area contributed by atoms with Crippen LogP contribution in [0.3, 0.4) is 0 Å². The molecular weight excluding hydrogens is 256 g/mol. The van der Waals surface area contributed by atoms with E-state index >= 15 is 0 Å². The molecule has 0 N–H and O–H groups in total. The Bertz CT molecular complexity index is 507. The Hall–Kier alpha value is -1.95. The molecule has 0 aliphatic heterocycles. The van der Waals surface area contributed by atoms with Gasteiger partial charge in [-0.05, 0) is 12.1 Å². The summed E-state index contributed by atoms with van der Waals surface area (Å²) < 4.78 is 20.9. The molecule has 0 saturated heterocycles. The molecule has 1 rings (SSSR count). The third-order valence-electron chi connectivity index (χ3n) is 2.04. The first-order chi connectivity index (χ1) is 8.60. The van der Waals surface area contributed by atoms with E-state index in [1.165, 1.54) is 26.4 Å². The highest BCUT2D eigenvalue weighted by Gasteiger charge is 2.14. The third kappa shape index (κ3) is 3.53. The van der Waals surface area contributed by atoms with E-state index in [0.29, 0.717) is 0 Å². The minimum Gasteiger partial charge on any atom is -0.466 e. The molecule has 1 atom stereocenters. The SMILES string of the molecule is COC(=O)/C=C/S(=O)c1ccccc1C(=O)OC. The van der Waals surface area contributed by atoms with Crippen LogP contribution >= 0.6 is 0 Å². The van der Waals surface area contributed by atoms with Gasteiger partial charge in [-0.15, -0.1) is 0 Å². The molecule has 0 heterocycles. The summed E-state index contributed by atoms with van der Waals surface area (Å²) in [5.41, 5.74) is 0.202. The van der Waals surface area contributed by atoms with Crippen LogP contribution < -0.4 is 0 Å². The first-order valence-electron chi connectivity index (χ1n) is 4.94. The molecule has 0 amide bonds. The molecule has 0 saturated carbocycles. The van der Waals surface area contributed by atoms with E-state index in [2.05, 4.69) is 9.47 Å². The largest absolute Gasteiger partial charge is 0.466 e. The Morgan fingerprint density at radius 3 is 2.44 bits per heavy atom. The average Bonchev–Trinajstić information content (AvgIpc) is 2.43. The van der Waals surface area contributed by atoms with E-state index in [9.17, 15) is 13.8 Å². The van der Waals surface area contributed by atoms with Crippen molar-refractivity contribution in [2.45, 2.75) is 4.90 Å². The molecule has 1 aromatic rings. The molecule has 0 aromatic heterocycles. The maximum Gasteiger partial charge on any atom is 0.339 e. The highest BCUT2D eigenvalue weighted by molar-refractivity contribution is 7.88. The molecule has 0 radical (unpaired) electrons. The molecule has 0 aliphatic carbocycles. The van der Waals surface area contributed by atoms with Crippen molar-refractivity contribution in [2.24, 2.45) is 0 Å². The van der Waals surface area contributed by atoms with Gasteiger partial charge in [-0.1, -0.05) is 12.1 Å². The summed E-state index contributed by atoms with van der Waals surface area (Å²) in [4.78, 5) is 22.6. The fourth-order valence-corrected chi connectivity index (χ4v) is 2.14. The minimum atomic E-state index is -1.62. The van der Waals surface area contributed by atoms with Crippen LogP contribution in [0.4, 0.5) is 0 Å². The molecule has 1 unspecified atom stereocenters. The van der Waals surface area contributed by atoms with Crippen molar-refractivity contribution in [2.75, 3.05) is 14.2 Å². The van der Waals surface area contributed by atoms with Crippen molar-refractivity contribution in [3.63, 3.8) is 0 Å². The summed E-state index contributed by atoms with van der Waals surface area (Å²) >= 11 is 0. The Labute approximate surface area is 107 Å². The van der Waals surface area contributed by atoms with E-state index in [-0.39, 0.29) is 10.5 Å². The van der Waals surface area contributed by atoms with Gasteiger partial charge >= 0.3 is 11.9 Å². The van der Waals surface area contributed by atoms with Crippen LogP contribution in [0.15, 0.2) is 40.6 Å². The number of carbonyl (C=O) groups excluding carboxylic acids is 2. The van der Waals surface area contributed by atoms with Gasteiger partial charge in [0, 0.05) is 11.5 Å². The smallest absolute Gasteiger partial charge is 0.339 e. The van der Waals surface area contributed by atoms with Crippen molar-refractivity contribution >= 4 is 22.7 Å². The van der Waals surface area contributed by atoms with Crippen LogP contribution in [0.2, 0.25) is 0 Å². The zero-order chi connectivity index (χ0) is 13.5. The summed E-state index contributed by atoms with van der Waals surface area (Å²) in [6.45, 7) is 0. The second-order valence-corrected chi connectivity index (χ2v) is 4.42. The van der Waals surface area contributed by atoms with Crippen molar-refractivity contribution in [3.05, 3.63) is 41.3 Å². The van der Waals surface area contributed by atoms with Gasteiger partial charge in [-0.25, -0.2) is 13.8 Å². The number of hydrogen-bond acceptors (Lipinski definition) is 5. The average molecular weight is 268 g/mol. The van der Waals surface area contributed by atoms with Gasteiger partial charge in [-0.2, -0.15) is 0 Å². The van der Waals surface area contributed by atoms with E-state index in [0.717, 1.165) is 11.5 Å². The van der Waals surface area contributed by atoms with Gasteiger partial charge in [0.2, 0.25) is 0 Å². The maximum atomic E-state index is 11.9. The Kier molecular flexibility index (Phi) is 5.26. The Morgan fingerprint density at radius 2 is 1.83 bits per heavy atom. The standard InChI is InChI=1S/C12H12O5S/c1-16-11(13)7-8-18(15)10-6-4-3-5-9(10)12(14)17-2/h3-8H,1-2H3/b8-7+. The van der Waals surface area contributed by atoms with Crippen molar-refractivity contribution in [1.29, 1.82) is 0 Å². The Morgan fingerprint density at radius 1 is 1.17 bits per heavy atom. The lowest BCUT2D eigenvalue weighted by Gasteiger charge is -2.04. The van der Waals surface area contributed by atoms with E-state index in [1.807, 2.05) is 0 Å². The number of methoxy groups -OCH3 is 2. The zero-order valence-corrected chi connectivity index (χ0v) is 10.7. The number of benzene rings is 1. The summed E-state index contributed by atoms with van der Waals surface area (Å²) in [7, 11) is 0.841. The molecule has 6 heteroatoms. The van der Waals surface area contributed by atoms with Crippen molar-refractivity contribution in [1.82, 2.24) is 0 Å². The van der Waals surface area contributed by atoms with Gasteiger partial charge in [0.25, 0.3) is 0 Å².